The second-order valence-corrected chi connectivity index (χ2v) is 13.9. The maximum Gasteiger partial charge on any atom is 0.262 e. The number of anilines is 2. The number of aromatic amines is 1. The van der Waals surface area contributed by atoms with Crippen molar-refractivity contribution in [3.8, 4) is 0 Å². The van der Waals surface area contributed by atoms with Gasteiger partial charge in [0.1, 0.15) is 11.9 Å². The highest BCUT2D eigenvalue weighted by Crippen LogP contribution is 2.30. The highest BCUT2D eigenvalue weighted by molar-refractivity contribution is 6.23. The number of fused-ring (bicyclic) bond motifs is 2. The van der Waals surface area contributed by atoms with Crippen LogP contribution in [0.1, 0.15) is 99.1 Å². The Balaban J connectivity index is 0.815. The summed E-state index contributed by atoms with van der Waals surface area (Å²) in [4.78, 5) is 86.9. The Kier molecular flexibility index (Phi) is 10.3. The van der Waals surface area contributed by atoms with Gasteiger partial charge in [-0.05, 0) is 113 Å². The molecule has 3 aromatic carbocycles. The maximum absolute atomic E-state index is 13.0. The molecular formula is C39H42N8O6. The lowest BCUT2D eigenvalue weighted by Gasteiger charge is -2.27. The molecule has 3 aliphatic heterocycles. The fraction of sp³-hybridized carbons (Fsp3) is 0.359. The first-order chi connectivity index (χ1) is 25.6. The van der Waals surface area contributed by atoms with Crippen LogP contribution in [-0.2, 0) is 16.1 Å². The number of likely N-dealkylation sites (tertiary alicyclic amines) is 1. The van der Waals surface area contributed by atoms with E-state index in [1.807, 2.05) is 18.2 Å². The number of piperidine rings is 1. The molecule has 53 heavy (non-hydrogen) atoms. The zero-order valence-corrected chi connectivity index (χ0v) is 29.5. The monoisotopic (exact) mass is 718 g/mol. The average Bonchev–Trinajstić information content (AvgIpc) is 3.82. The molecule has 1 aromatic heterocycles. The number of hydrogen-bond donors (Lipinski definition) is 5. The average molecular weight is 719 g/mol. The van der Waals surface area contributed by atoms with E-state index in [-0.39, 0.29) is 35.8 Å². The molecule has 4 heterocycles. The van der Waals surface area contributed by atoms with E-state index in [1.54, 1.807) is 42.5 Å². The minimum absolute atomic E-state index is 0.0687. The predicted molar refractivity (Wildman–Crippen MR) is 197 cm³/mol. The summed E-state index contributed by atoms with van der Waals surface area (Å²) in [5.74, 6) is -1.72. The van der Waals surface area contributed by atoms with Gasteiger partial charge < -0.3 is 20.9 Å². The highest BCUT2D eigenvalue weighted by atomic mass is 16.2. The van der Waals surface area contributed by atoms with E-state index in [1.165, 1.54) is 12.8 Å². The smallest absolute Gasteiger partial charge is 0.262 e. The third-order valence-electron chi connectivity index (χ3n) is 10.2. The summed E-state index contributed by atoms with van der Waals surface area (Å²) in [7, 11) is 0. The van der Waals surface area contributed by atoms with Crippen LogP contribution >= 0.6 is 0 Å². The lowest BCUT2D eigenvalue weighted by Crippen LogP contribution is -2.54. The fourth-order valence-corrected chi connectivity index (χ4v) is 7.15. The van der Waals surface area contributed by atoms with Crippen molar-refractivity contribution in [2.45, 2.75) is 70.5 Å². The molecule has 4 aromatic rings. The van der Waals surface area contributed by atoms with Crippen LogP contribution in [0.4, 0.5) is 11.4 Å². The number of imidazole rings is 1. The first-order valence-electron chi connectivity index (χ1n) is 18.2. The first kappa shape index (κ1) is 35.5. The summed E-state index contributed by atoms with van der Waals surface area (Å²) >= 11 is 0. The number of nitrogens with one attached hydrogen (secondary N) is 5. The van der Waals surface area contributed by atoms with Crippen molar-refractivity contribution in [2.24, 2.45) is 0 Å². The van der Waals surface area contributed by atoms with E-state index in [4.69, 9.17) is 4.98 Å². The van der Waals surface area contributed by atoms with Crippen molar-refractivity contribution in [3.05, 3.63) is 88.7 Å². The Hall–Kier alpha value is -5.89. The van der Waals surface area contributed by atoms with E-state index in [9.17, 15) is 28.8 Å². The number of rotatable bonds is 13. The second kappa shape index (κ2) is 15.4. The van der Waals surface area contributed by atoms with Crippen molar-refractivity contribution in [2.75, 3.05) is 30.3 Å². The van der Waals surface area contributed by atoms with Gasteiger partial charge in [0.05, 0.1) is 28.7 Å². The van der Waals surface area contributed by atoms with Crippen LogP contribution in [0, 0.1) is 0 Å². The molecule has 3 aliphatic rings. The van der Waals surface area contributed by atoms with E-state index < -0.39 is 29.7 Å². The molecule has 1 unspecified atom stereocenters. The van der Waals surface area contributed by atoms with Crippen LogP contribution in [-0.4, -0.2) is 86.9 Å². The summed E-state index contributed by atoms with van der Waals surface area (Å²) in [6.45, 7) is 5.20. The van der Waals surface area contributed by atoms with Crippen LogP contribution in [0.25, 0.3) is 11.0 Å². The number of imide groups is 2. The lowest BCUT2D eigenvalue weighted by molar-refractivity contribution is -0.136. The maximum atomic E-state index is 13.0. The van der Waals surface area contributed by atoms with Gasteiger partial charge in [0, 0.05) is 48.1 Å². The van der Waals surface area contributed by atoms with E-state index in [0.717, 1.165) is 54.1 Å². The van der Waals surface area contributed by atoms with Gasteiger partial charge in [0.2, 0.25) is 11.8 Å². The number of unbranched alkanes of at least 4 members (excludes halogenated alkanes) is 2. The summed E-state index contributed by atoms with van der Waals surface area (Å²) in [6.07, 6.45) is 4.99. The molecule has 0 spiro atoms. The number of amides is 6. The van der Waals surface area contributed by atoms with E-state index in [2.05, 4.69) is 38.1 Å². The molecule has 6 amide bonds. The zero-order valence-electron chi connectivity index (χ0n) is 29.5. The minimum Gasteiger partial charge on any atom is -0.385 e. The Labute approximate surface area is 306 Å². The minimum atomic E-state index is -0.999. The van der Waals surface area contributed by atoms with Crippen molar-refractivity contribution in [1.29, 1.82) is 0 Å². The third-order valence-corrected chi connectivity index (χ3v) is 10.2. The largest absolute Gasteiger partial charge is 0.385 e. The SMILES string of the molecule is C[C@H]1CCCN1Cc1nc2cc(NC(=O)c3ccc(C(=O)NCCCCCNc4ccc5c(c4)C(=O)N(C4CCC(=O)NC4=O)C5=O)cc3)ccc2[nH]1. The van der Waals surface area contributed by atoms with Crippen molar-refractivity contribution in [1.82, 2.24) is 30.4 Å². The molecule has 7 rings (SSSR count). The molecule has 14 nitrogen and oxygen atoms in total. The fourth-order valence-electron chi connectivity index (χ4n) is 7.15. The number of carbonyl (C=O) groups is 6. The predicted octanol–water partition coefficient (Wildman–Crippen LogP) is 4.21. The summed E-state index contributed by atoms with van der Waals surface area (Å²) in [6, 6.07) is 16.6. The Morgan fingerprint density at radius 1 is 0.830 bits per heavy atom. The molecule has 0 aliphatic carbocycles. The van der Waals surface area contributed by atoms with Gasteiger partial charge in [-0.1, -0.05) is 0 Å². The molecule has 2 atom stereocenters. The summed E-state index contributed by atoms with van der Waals surface area (Å²) in [5, 5.41) is 11.3. The molecule has 0 radical (unpaired) electrons. The van der Waals surface area contributed by atoms with E-state index >= 15 is 0 Å². The van der Waals surface area contributed by atoms with Gasteiger partial charge in [0.15, 0.2) is 0 Å². The zero-order chi connectivity index (χ0) is 37.1. The Bertz CT molecular complexity index is 2090. The number of benzene rings is 3. The molecular weight excluding hydrogens is 676 g/mol. The number of nitrogens with zero attached hydrogens (tertiary/aromatic N) is 3. The molecule has 2 fully saturated rings. The van der Waals surface area contributed by atoms with E-state index in [0.29, 0.717) is 41.6 Å². The van der Waals surface area contributed by atoms with Gasteiger partial charge in [-0.15, -0.1) is 0 Å². The van der Waals surface area contributed by atoms with Crippen molar-refractivity contribution in [3.63, 3.8) is 0 Å². The van der Waals surface area contributed by atoms with Crippen molar-refractivity contribution < 1.29 is 28.8 Å². The van der Waals surface area contributed by atoms with Gasteiger partial charge in [-0.2, -0.15) is 0 Å². The normalized spacial score (nSPS) is 18.7. The topological polar surface area (TPSA) is 186 Å². The molecule has 274 valence electrons. The Morgan fingerprint density at radius 2 is 1.57 bits per heavy atom. The summed E-state index contributed by atoms with van der Waals surface area (Å²) < 4.78 is 0. The van der Waals surface area contributed by atoms with Gasteiger partial charge in [-0.3, -0.25) is 43.9 Å². The number of hydrogen-bond acceptors (Lipinski definition) is 9. The summed E-state index contributed by atoms with van der Waals surface area (Å²) in [5.41, 5.74) is 4.40. The first-order valence-corrected chi connectivity index (χ1v) is 18.2. The number of aromatic nitrogens is 2. The standard InChI is InChI=1S/C39H42N8O6/c1-23-6-5-19-46(23)22-33-43-30-14-12-27(21-31(30)44-33)42-36(50)25-9-7-24(8-10-25)35(49)41-18-4-2-3-17-40-26-11-13-28-29(20-26)39(53)47(38(28)52)32-15-16-34(48)45-37(32)51/h7-14,20-21,23,32,40H,2-6,15-19,22H2,1H3,(H,41,49)(H,42,50)(H,43,44)(H,45,48,51)/t23-,32?/m0/s1. The van der Waals surface area contributed by atoms with Crippen LogP contribution < -0.4 is 21.3 Å². The number of H-pyrrole nitrogens is 1. The highest BCUT2D eigenvalue weighted by Gasteiger charge is 2.44. The molecule has 0 bridgehead atoms. The quantitative estimate of drug-likeness (QED) is 0.0998. The molecule has 0 saturated carbocycles. The van der Waals surface area contributed by atoms with Crippen LogP contribution in [0.2, 0.25) is 0 Å². The molecule has 2 saturated heterocycles. The van der Waals surface area contributed by atoms with Crippen LogP contribution in [0.3, 0.4) is 0 Å². The molecule has 14 heteroatoms. The Morgan fingerprint density at radius 3 is 2.32 bits per heavy atom. The second-order valence-electron chi connectivity index (χ2n) is 13.9. The molecule has 5 N–H and O–H groups in total. The third kappa shape index (κ3) is 7.82. The lowest BCUT2D eigenvalue weighted by atomic mass is 10.0. The van der Waals surface area contributed by atoms with Gasteiger partial charge in [-0.25, -0.2) is 4.98 Å². The number of carbonyl (C=O) groups excluding carboxylic acids is 6. The van der Waals surface area contributed by atoms with Crippen LogP contribution in [0.5, 0.6) is 0 Å². The van der Waals surface area contributed by atoms with Gasteiger partial charge >= 0.3 is 0 Å². The van der Waals surface area contributed by atoms with Gasteiger partial charge in [0.25, 0.3) is 23.6 Å². The van der Waals surface area contributed by atoms with Crippen LogP contribution in [0.15, 0.2) is 60.7 Å². The van der Waals surface area contributed by atoms with Crippen molar-refractivity contribution >= 4 is 57.9 Å².